The van der Waals surface area contributed by atoms with E-state index in [2.05, 4.69) is 10.4 Å². The number of nitrogens with zero attached hydrogens (tertiary/aromatic N) is 2. The highest BCUT2D eigenvalue weighted by molar-refractivity contribution is 5.94. The molecule has 1 aromatic heterocycles. The average Bonchev–Trinajstić information content (AvgIpc) is 2.37. The van der Waals surface area contributed by atoms with Gasteiger partial charge < -0.3 is 10.3 Å². The van der Waals surface area contributed by atoms with Crippen molar-refractivity contribution in [2.45, 2.75) is 26.2 Å². The second-order valence-corrected chi connectivity index (χ2v) is 4.72. The van der Waals surface area contributed by atoms with Gasteiger partial charge in [-0.05, 0) is 37.8 Å². The van der Waals surface area contributed by atoms with Gasteiger partial charge in [-0.25, -0.2) is 10.8 Å². The first-order chi connectivity index (χ1) is 8.74. The Bertz CT molecular complexity index is 400. The molecule has 1 aliphatic rings. The Hall–Kier alpha value is -1.62. The third-order valence-corrected chi connectivity index (χ3v) is 3.53. The number of hydrogen-bond acceptors (Lipinski definition) is 4. The number of anilines is 1. The van der Waals surface area contributed by atoms with Gasteiger partial charge in [0, 0.05) is 19.3 Å². The Labute approximate surface area is 107 Å². The Morgan fingerprint density at radius 2 is 2.33 bits per heavy atom. The number of nitrogens with two attached hydrogens (primary N) is 1. The van der Waals surface area contributed by atoms with Crippen molar-refractivity contribution in [1.82, 2.24) is 9.88 Å². The van der Waals surface area contributed by atoms with Gasteiger partial charge in [0.2, 0.25) is 0 Å². The van der Waals surface area contributed by atoms with Crippen molar-refractivity contribution in [3.05, 3.63) is 23.9 Å². The van der Waals surface area contributed by atoms with Crippen molar-refractivity contribution in [2.75, 3.05) is 18.5 Å². The normalized spacial score (nSPS) is 15.0. The number of carbonyl (C=O) groups excluding carboxylic acids is 1. The van der Waals surface area contributed by atoms with Gasteiger partial charge in [-0.1, -0.05) is 6.42 Å². The summed E-state index contributed by atoms with van der Waals surface area (Å²) in [4.78, 5) is 18.2. The zero-order valence-electron chi connectivity index (χ0n) is 10.7. The number of amides is 1. The van der Waals surface area contributed by atoms with Gasteiger partial charge >= 0.3 is 0 Å². The molecular formula is C13H20N4O. The van der Waals surface area contributed by atoms with Crippen LogP contribution in [0.15, 0.2) is 18.3 Å². The monoisotopic (exact) mass is 248 g/mol. The van der Waals surface area contributed by atoms with Crippen LogP contribution in [0.25, 0.3) is 0 Å². The van der Waals surface area contributed by atoms with E-state index in [4.69, 9.17) is 5.84 Å². The summed E-state index contributed by atoms with van der Waals surface area (Å²) in [6, 6.07) is 3.47. The Balaban J connectivity index is 2.02. The second-order valence-electron chi connectivity index (χ2n) is 4.72. The van der Waals surface area contributed by atoms with E-state index < -0.39 is 0 Å². The standard InChI is InChI=1S/C13H20N4O/c1-2-17(9-10-4-3-5-10)13(18)11-6-7-12(16-14)15-8-11/h6-8,10H,2-5,9,14H2,1H3,(H,15,16). The molecule has 1 aromatic rings. The van der Waals surface area contributed by atoms with Crippen molar-refractivity contribution in [3.63, 3.8) is 0 Å². The van der Waals surface area contributed by atoms with Crippen LogP contribution in [0, 0.1) is 5.92 Å². The van der Waals surface area contributed by atoms with Gasteiger partial charge in [0.05, 0.1) is 5.56 Å². The molecule has 0 saturated heterocycles. The highest BCUT2D eigenvalue weighted by Gasteiger charge is 2.23. The van der Waals surface area contributed by atoms with Gasteiger partial charge in [0.15, 0.2) is 0 Å². The van der Waals surface area contributed by atoms with Gasteiger partial charge in [0.1, 0.15) is 5.82 Å². The number of hydrazine groups is 1. The van der Waals surface area contributed by atoms with Crippen LogP contribution in [-0.4, -0.2) is 28.9 Å². The summed E-state index contributed by atoms with van der Waals surface area (Å²) in [6.45, 7) is 3.62. The summed E-state index contributed by atoms with van der Waals surface area (Å²) in [5, 5.41) is 0. The maximum Gasteiger partial charge on any atom is 0.255 e. The summed E-state index contributed by atoms with van der Waals surface area (Å²) in [6.07, 6.45) is 5.37. The van der Waals surface area contributed by atoms with Crippen LogP contribution in [0.3, 0.4) is 0 Å². The van der Waals surface area contributed by atoms with Gasteiger partial charge in [-0.15, -0.1) is 0 Å². The maximum atomic E-state index is 12.3. The van der Waals surface area contributed by atoms with Crippen molar-refractivity contribution in [2.24, 2.45) is 11.8 Å². The molecule has 0 spiro atoms. The fourth-order valence-electron chi connectivity index (χ4n) is 2.13. The number of aromatic nitrogens is 1. The first-order valence-electron chi connectivity index (χ1n) is 6.46. The minimum Gasteiger partial charge on any atom is -0.339 e. The lowest BCUT2D eigenvalue weighted by molar-refractivity contribution is 0.0706. The summed E-state index contributed by atoms with van der Waals surface area (Å²) in [5.74, 6) is 6.55. The second kappa shape index (κ2) is 5.82. The highest BCUT2D eigenvalue weighted by atomic mass is 16.2. The van der Waals surface area contributed by atoms with Gasteiger partial charge in [-0.2, -0.15) is 0 Å². The van der Waals surface area contributed by atoms with Crippen LogP contribution in [0.1, 0.15) is 36.5 Å². The topological polar surface area (TPSA) is 71.2 Å². The van der Waals surface area contributed by atoms with E-state index >= 15 is 0 Å². The Morgan fingerprint density at radius 1 is 1.56 bits per heavy atom. The fourth-order valence-corrected chi connectivity index (χ4v) is 2.13. The molecule has 0 aromatic carbocycles. The van der Waals surface area contributed by atoms with Crippen molar-refractivity contribution in [3.8, 4) is 0 Å². The molecule has 1 fully saturated rings. The van der Waals surface area contributed by atoms with E-state index in [1.165, 1.54) is 19.3 Å². The smallest absolute Gasteiger partial charge is 0.255 e. The molecule has 1 heterocycles. The highest BCUT2D eigenvalue weighted by Crippen LogP contribution is 2.27. The van der Waals surface area contributed by atoms with Crippen LogP contribution in [0.2, 0.25) is 0 Å². The number of pyridine rings is 1. The predicted octanol–water partition coefficient (Wildman–Crippen LogP) is 1.63. The Kier molecular flexibility index (Phi) is 4.15. The number of nitrogens with one attached hydrogen (secondary N) is 1. The first kappa shape index (κ1) is 12.8. The summed E-state index contributed by atoms with van der Waals surface area (Å²) < 4.78 is 0. The minimum atomic E-state index is 0.0560. The van der Waals surface area contributed by atoms with Crippen LogP contribution < -0.4 is 11.3 Å². The lowest BCUT2D eigenvalue weighted by Crippen LogP contribution is -2.37. The van der Waals surface area contributed by atoms with E-state index in [9.17, 15) is 4.79 Å². The first-order valence-corrected chi connectivity index (χ1v) is 6.46. The van der Waals surface area contributed by atoms with E-state index in [1.807, 2.05) is 11.8 Å². The average molecular weight is 248 g/mol. The molecule has 0 radical (unpaired) electrons. The summed E-state index contributed by atoms with van der Waals surface area (Å²) >= 11 is 0. The summed E-state index contributed by atoms with van der Waals surface area (Å²) in [5.41, 5.74) is 3.07. The van der Waals surface area contributed by atoms with Crippen molar-refractivity contribution >= 4 is 11.7 Å². The molecule has 5 nitrogen and oxygen atoms in total. The zero-order chi connectivity index (χ0) is 13.0. The van der Waals surface area contributed by atoms with Crippen LogP contribution >= 0.6 is 0 Å². The molecule has 1 aliphatic carbocycles. The third kappa shape index (κ3) is 2.79. The van der Waals surface area contributed by atoms with Crippen LogP contribution in [0.5, 0.6) is 0 Å². The van der Waals surface area contributed by atoms with E-state index in [0.29, 0.717) is 17.3 Å². The largest absolute Gasteiger partial charge is 0.339 e. The van der Waals surface area contributed by atoms with Crippen molar-refractivity contribution in [1.29, 1.82) is 0 Å². The fraction of sp³-hybridized carbons (Fsp3) is 0.538. The lowest BCUT2D eigenvalue weighted by Gasteiger charge is -2.31. The van der Waals surface area contributed by atoms with Crippen molar-refractivity contribution < 1.29 is 4.79 Å². The quantitative estimate of drug-likeness (QED) is 0.613. The van der Waals surface area contributed by atoms with E-state index in [0.717, 1.165) is 13.1 Å². The number of rotatable bonds is 5. The third-order valence-electron chi connectivity index (χ3n) is 3.53. The SMILES string of the molecule is CCN(CC1CCC1)C(=O)c1ccc(NN)nc1. The van der Waals surface area contributed by atoms with Gasteiger partial charge in [0.25, 0.3) is 5.91 Å². The predicted molar refractivity (Wildman–Crippen MR) is 71.0 cm³/mol. The molecule has 2 rings (SSSR count). The molecule has 0 atom stereocenters. The van der Waals surface area contributed by atoms with Crippen LogP contribution in [-0.2, 0) is 0 Å². The number of carbonyl (C=O) groups is 1. The Morgan fingerprint density at radius 3 is 2.78 bits per heavy atom. The lowest BCUT2D eigenvalue weighted by atomic mass is 9.85. The minimum absolute atomic E-state index is 0.0560. The van der Waals surface area contributed by atoms with E-state index in [-0.39, 0.29) is 5.91 Å². The number of hydrogen-bond donors (Lipinski definition) is 2. The molecule has 18 heavy (non-hydrogen) atoms. The molecule has 3 N–H and O–H groups in total. The molecule has 0 bridgehead atoms. The molecule has 5 heteroatoms. The molecular weight excluding hydrogens is 228 g/mol. The molecule has 1 amide bonds. The number of nitrogen functional groups attached to an aromatic ring is 1. The molecule has 0 unspecified atom stereocenters. The maximum absolute atomic E-state index is 12.3. The summed E-state index contributed by atoms with van der Waals surface area (Å²) in [7, 11) is 0. The zero-order valence-corrected chi connectivity index (χ0v) is 10.7. The van der Waals surface area contributed by atoms with Crippen LogP contribution in [0.4, 0.5) is 5.82 Å². The van der Waals surface area contributed by atoms with Gasteiger partial charge in [-0.3, -0.25) is 4.79 Å². The molecule has 0 aliphatic heterocycles. The molecule has 1 saturated carbocycles. The van der Waals surface area contributed by atoms with E-state index in [1.54, 1.807) is 18.3 Å². The molecule has 98 valence electrons.